The highest BCUT2D eigenvalue weighted by Gasteiger charge is 2.62. The predicted molar refractivity (Wildman–Crippen MR) is 86.1 cm³/mol. The molecule has 0 radical (unpaired) electrons. The van der Waals surface area contributed by atoms with Gasteiger partial charge in [0, 0.05) is 15.7 Å². The Morgan fingerprint density at radius 3 is 2.52 bits per heavy atom. The molecule has 0 aromatic heterocycles. The zero-order valence-electron chi connectivity index (χ0n) is 13.0. The number of benzene rings is 1. The van der Waals surface area contributed by atoms with Gasteiger partial charge in [0.25, 0.3) is 0 Å². The number of hydrogen-bond donors (Lipinski definition) is 0. The Kier molecular flexibility index (Phi) is 3.73. The summed E-state index contributed by atoms with van der Waals surface area (Å²) in [5.41, 5.74) is 0.598. The molecule has 1 aromatic carbocycles. The molecule has 3 heteroatoms. The smallest absolute Gasteiger partial charge is 0.104 e. The van der Waals surface area contributed by atoms with Gasteiger partial charge in [-0.05, 0) is 42.7 Å². The van der Waals surface area contributed by atoms with Gasteiger partial charge < -0.3 is 4.74 Å². The summed E-state index contributed by atoms with van der Waals surface area (Å²) in [6, 6.07) is 9.49. The van der Waals surface area contributed by atoms with Gasteiger partial charge in [-0.1, -0.05) is 39.0 Å². The van der Waals surface area contributed by atoms with E-state index in [9.17, 15) is 4.21 Å². The van der Waals surface area contributed by atoms with Crippen LogP contribution < -0.4 is 0 Å². The second-order valence-corrected chi connectivity index (χ2v) is 8.46. The van der Waals surface area contributed by atoms with Crippen molar-refractivity contribution in [2.75, 3.05) is 0 Å². The number of rotatable bonds is 4. The van der Waals surface area contributed by atoms with Gasteiger partial charge in [-0.3, -0.25) is 0 Å². The van der Waals surface area contributed by atoms with Gasteiger partial charge in [0.15, 0.2) is 0 Å². The molecule has 114 valence electrons. The van der Waals surface area contributed by atoms with Crippen LogP contribution in [0.2, 0.25) is 0 Å². The van der Waals surface area contributed by atoms with Gasteiger partial charge in [-0.2, -0.15) is 0 Å². The van der Waals surface area contributed by atoms with Crippen LogP contribution in [-0.4, -0.2) is 10.3 Å². The summed E-state index contributed by atoms with van der Waals surface area (Å²) in [6.07, 6.45) is 5.62. The first kappa shape index (κ1) is 14.8. The van der Waals surface area contributed by atoms with Crippen LogP contribution in [0.4, 0.5) is 0 Å². The lowest BCUT2D eigenvalue weighted by Gasteiger charge is -2.38. The highest BCUT2D eigenvalue weighted by Crippen LogP contribution is 2.66. The molecule has 21 heavy (non-hydrogen) atoms. The summed E-state index contributed by atoms with van der Waals surface area (Å²) < 4.78 is 18.1. The van der Waals surface area contributed by atoms with E-state index in [-0.39, 0.29) is 11.5 Å². The summed E-state index contributed by atoms with van der Waals surface area (Å²) in [5.74, 6) is 0.764. The van der Waals surface area contributed by atoms with Crippen molar-refractivity contribution in [2.45, 2.75) is 51.0 Å². The fraction of sp³-hybridized carbons (Fsp3) is 0.556. The normalized spacial score (nSPS) is 35.2. The maximum absolute atomic E-state index is 12.1. The maximum Gasteiger partial charge on any atom is 0.104 e. The summed E-state index contributed by atoms with van der Waals surface area (Å²) in [6.45, 7) is 7.10. The van der Waals surface area contributed by atoms with Crippen molar-refractivity contribution in [3.8, 4) is 0 Å². The fourth-order valence-corrected chi connectivity index (χ4v) is 4.89. The molecule has 2 saturated carbocycles. The van der Waals surface area contributed by atoms with Gasteiger partial charge in [0.05, 0.1) is 17.1 Å². The topological polar surface area (TPSA) is 26.3 Å². The molecule has 1 unspecified atom stereocenters. The SMILES string of the molecule is CC1(C)[C@H]2CC[C@]1(C)[C@H](O/C=C/S(=O)c1ccccc1)C2. The molecule has 2 nitrogen and oxygen atoms in total. The van der Waals surface area contributed by atoms with E-state index in [1.807, 2.05) is 30.3 Å². The van der Waals surface area contributed by atoms with Crippen LogP contribution in [0, 0.1) is 16.7 Å². The Hall–Kier alpha value is -1.09. The van der Waals surface area contributed by atoms with Crippen molar-refractivity contribution in [3.63, 3.8) is 0 Å². The molecule has 2 aliphatic rings. The van der Waals surface area contributed by atoms with Gasteiger partial charge in [0.1, 0.15) is 6.10 Å². The maximum atomic E-state index is 12.1. The standard InChI is InChI=1S/C18H24O2S/c1-17(2)14-9-10-18(17,3)16(13-14)20-11-12-21(19)15-7-5-4-6-8-15/h4-8,11-12,14,16H,9-10,13H2,1-3H3/b12-11+/t14-,16+,18+,21?/m0/s1. The Labute approximate surface area is 130 Å². The van der Waals surface area contributed by atoms with Crippen LogP contribution >= 0.6 is 0 Å². The summed E-state index contributed by atoms with van der Waals surface area (Å²) in [7, 11) is -1.12. The molecular weight excluding hydrogens is 280 g/mol. The van der Waals surface area contributed by atoms with E-state index in [2.05, 4.69) is 20.8 Å². The van der Waals surface area contributed by atoms with Crippen LogP contribution in [0.1, 0.15) is 40.0 Å². The average Bonchev–Trinajstić information content (AvgIpc) is 2.81. The van der Waals surface area contributed by atoms with Crippen LogP contribution in [0.15, 0.2) is 46.9 Å². The van der Waals surface area contributed by atoms with E-state index < -0.39 is 10.8 Å². The summed E-state index contributed by atoms with van der Waals surface area (Å²) in [4.78, 5) is 0.817. The number of fused-ring (bicyclic) bond motifs is 2. The van der Waals surface area contributed by atoms with Crippen molar-refractivity contribution < 1.29 is 8.95 Å². The van der Waals surface area contributed by atoms with Gasteiger partial charge in [-0.15, -0.1) is 0 Å². The van der Waals surface area contributed by atoms with E-state index in [4.69, 9.17) is 4.74 Å². The van der Waals surface area contributed by atoms with Crippen molar-refractivity contribution >= 4 is 10.8 Å². The van der Waals surface area contributed by atoms with E-state index in [0.29, 0.717) is 5.41 Å². The van der Waals surface area contributed by atoms with E-state index in [1.165, 1.54) is 12.8 Å². The monoisotopic (exact) mass is 304 g/mol. The first-order chi connectivity index (χ1) is 9.95. The molecule has 0 N–H and O–H groups in total. The van der Waals surface area contributed by atoms with Gasteiger partial charge in [-0.25, -0.2) is 4.21 Å². The van der Waals surface area contributed by atoms with Gasteiger partial charge >= 0.3 is 0 Å². The predicted octanol–water partition coefficient (Wildman–Crippen LogP) is 4.50. The fourth-order valence-electron chi connectivity index (χ4n) is 4.15. The third-order valence-electron chi connectivity index (χ3n) is 6.11. The summed E-state index contributed by atoms with van der Waals surface area (Å²) in [5, 5.41) is 1.66. The van der Waals surface area contributed by atoms with Crippen molar-refractivity contribution in [3.05, 3.63) is 42.0 Å². The lowest BCUT2D eigenvalue weighted by Crippen LogP contribution is -2.36. The highest BCUT2D eigenvalue weighted by molar-refractivity contribution is 7.88. The first-order valence-electron chi connectivity index (χ1n) is 7.73. The Balaban J connectivity index is 1.64. The van der Waals surface area contributed by atoms with Crippen molar-refractivity contribution in [1.82, 2.24) is 0 Å². The molecule has 0 saturated heterocycles. The summed E-state index contributed by atoms with van der Waals surface area (Å²) >= 11 is 0. The minimum atomic E-state index is -1.12. The largest absolute Gasteiger partial charge is 0.497 e. The first-order valence-corrected chi connectivity index (χ1v) is 8.94. The Bertz CT molecular complexity index is 564. The van der Waals surface area contributed by atoms with E-state index in [0.717, 1.165) is 17.2 Å². The molecule has 3 rings (SSSR count). The molecule has 0 amide bonds. The van der Waals surface area contributed by atoms with Crippen LogP contribution in [-0.2, 0) is 15.5 Å². The highest BCUT2D eigenvalue weighted by atomic mass is 32.2. The Morgan fingerprint density at radius 2 is 1.95 bits per heavy atom. The second kappa shape index (κ2) is 5.28. The quantitative estimate of drug-likeness (QED) is 0.766. The van der Waals surface area contributed by atoms with E-state index in [1.54, 1.807) is 11.7 Å². The van der Waals surface area contributed by atoms with Crippen molar-refractivity contribution in [2.24, 2.45) is 16.7 Å². The lowest BCUT2D eigenvalue weighted by molar-refractivity contribution is 0.00159. The third-order valence-corrected chi connectivity index (χ3v) is 7.21. The van der Waals surface area contributed by atoms with Crippen LogP contribution in [0.5, 0.6) is 0 Å². The molecule has 0 heterocycles. The zero-order chi connectivity index (χ0) is 15.1. The molecule has 2 aliphatic carbocycles. The Morgan fingerprint density at radius 1 is 1.24 bits per heavy atom. The van der Waals surface area contributed by atoms with Crippen LogP contribution in [0.3, 0.4) is 0 Å². The molecule has 2 fully saturated rings. The lowest BCUT2D eigenvalue weighted by atomic mass is 9.70. The molecule has 0 aliphatic heterocycles. The molecule has 0 spiro atoms. The third kappa shape index (κ3) is 2.36. The number of hydrogen-bond acceptors (Lipinski definition) is 2. The second-order valence-electron chi connectivity index (χ2n) is 7.12. The zero-order valence-corrected chi connectivity index (χ0v) is 13.9. The molecule has 1 aromatic rings. The minimum Gasteiger partial charge on any atom is -0.497 e. The molecule has 4 atom stereocenters. The number of ether oxygens (including phenoxy) is 1. The molecular formula is C18H24O2S. The average molecular weight is 304 g/mol. The van der Waals surface area contributed by atoms with E-state index >= 15 is 0 Å². The molecule has 2 bridgehead atoms. The van der Waals surface area contributed by atoms with Crippen LogP contribution in [0.25, 0.3) is 0 Å². The van der Waals surface area contributed by atoms with Crippen molar-refractivity contribution in [1.29, 1.82) is 0 Å². The van der Waals surface area contributed by atoms with Gasteiger partial charge in [0.2, 0.25) is 0 Å². The minimum absolute atomic E-state index is 0.246.